The minimum atomic E-state index is -4.19. The van der Waals surface area contributed by atoms with Crippen molar-refractivity contribution in [2.75, 3.05) is 0 Å². The van der Waals surface area contributed by atoms with Gasteiger partial charge in [-0.3, -0.25) is 14.8 Å². The molecular formula is C10H8N2O3S2. The molecule has 7 heteroatoms. The molecule has 0 radical (unpaired) electrons. The molecule has 88 valence electrons. The van der Waals surface area contributed by atoms with Gasteiger partial charge >= 0.3 is 0 Å². The molecule has 0 aliphatic heterocycles. The number of hydrogen-bond acceptors (Lipinski definition) is 3. The topological polar surface area (TPSA) is 85.9 Å². The number of benzene rings is 2. The van der Waals surface area contributed by atoms with Crippen LogP contribution in [0.5, 0.6) is 0 Å². The lowest BCUT2D eigenvalue weighted by Crippen LogP contribution is -1.99. The average Bonchev–Trinajstić information content (AvgIpc) is 2.21. The molecule has 0 bridgehead atoms. The summed E-state index contributed by atoms with van der Waals surface area (Å²) in [7, 11) is -4.19. The van der Waals surface area contributed by atoms with Gasteiger partial charge in [-0.1, -0.05) is 6.07 Å². The number of thiol groups is 1. The van der Waals surface area contributed by atoms with Gasteiger partial charge in [0.25, 0.3) is 10.1 Å². The van der Waals surface area contributed by atoms with Crippen molar-refractivity contribution in [3.8, 4) is 0 Å². The second-order valence-corrected chi connectivity index (χ2v) is 5.65. The highest BCUT2D eigenvalue weighted by molar-refractivity contribution is 7.85. The van der Waals surface area contributed by atoms with Crippen LogP contribution in [0.3, 0.4) is 0 Å². The second-order valence-electron chi connectivity index (χ2n) is 3.75. The molecule has 0 aliphatic rings. The highest BCUT2D eigenvalue weighted by Crippen LogP contribution is 2.31. The van der Waals surface area contributed by atoms with E-state index in [-0.39, 0.29) is 4.90 Å². The van der Waals surface area contributed by atoms with Crippen molar-refractivity contribution in [3.05, 3.63) is 24.3 Å². The third-order valence-electron chi connectivity index (χ3n) is 2.71. The van der Waals surface area contributed by atoms with Crippen molar-refractivity contribution in [2.24, 2.45) is 0 Å². The number of nitrogens with one attached hydrogen (secondary N) is 2. The first-order valence-electron chi connectivity index (χ1n) is 4.76. The summed E-state index contributed by atoms with van der Waals surface area (Å²) in [5.41, 5.74) is 1.82. The third-order valence-corrected chi connectivity index (χ3v) is 3.93. The lowest BCUT2D eigenvalue weighted by Gasteiger charge is -2.10. The van der Waals surface area contributed by atoms with E-state index >= 15 is 0 Å². The van der Waals surface area contributed by atoms with E-state index in [1.54, 1.807) is 12.1 Å². The van der Waals surface area contributed by atoms with Crippen LogP contribution in [0, 0.1) is 0 Å². The number of hydrogen-bond donors (Lipinski definition) is 4. The van der Waals surface area contributed by atoms with Gasteiger partial charge in [-0.15, -0.1) is 12.6 Å². The van der Waals surface area contributed by atoms with Gasteiger partial charge in [0.05, 0.1) is 15.9 Å². The monoisotopic (exact) mass is 268 g/mol. The van der Waals surface area contributed by atoms with Crippen molar-refractivity contribution in [1.82, 2.24) is 10.2 Å². The van der Waals surface area contributed by atoms with Crippen LogP contribution in [-0.4, -0.2) is 23.2 Å². The van der Waals surface area contributed by atoms with Gasteiger partial charge in [0, 0.05) is 10.3 Å². The van der Waals surface area contributed by atoms with Crippen molar-refractivity contribution in [1.29, 1.82) is 0 Å². The molecule has 5 nitrogen and oxygen atoms in total. The van der Waals surface area contributed by atoms with Crippen LogP contribution >= 0.6 is 12.6 Å². The van der Waals surface area contributed by atoms with Crippen LogP contribution in [0.25, 0.3) is 21.8 Å². The van der Waals surface area contributed by atoms with E-state index in [0.717, 1.165) is 16.4 Å². The zero-order valence-electron chi connectivity index (χ0n) is 8.43. The molecule has 0 saturated heterocycles. The third kappa shape index (κ3) is 1.54. The molecule has 17 heavy (non-hydrogen) atoms. The fourth-order valence-corrected chi connectivity index (χ4v) is 2.67. The Balaban J connectivity index is 2.45. The number of aromatic nitrogens is 2. The Morgan fingerprint density at radius 2 is 1.88 bits per heavy atom. The summed E-state index contributed by atoms with van der Waals surface area (Å²) in [6, 6.07) is 6.22. The first-order chi connectivity index (χ1) is 7.97. The summed E-state index contributed by atoms with van der Waals surface area (Å²) in [4.78, 5) is 0.519. The zero-order chi connectivity index (χ0) is 12.2. The Morgan fingerprint density at radius 1 is 1.12 bits per heavy atom. The molecule has 0 spiro atoms. The van der Waals surface area contributed by atoms with Crippen LogP contribution in [0.15, 0.2) is 34.1 Å². The van der Waals surface area contributed by atoms with Crippen LogP contribution < -0.4 is 0 Å². The quantitative estimate of drug-likeness (QED) is 0.403. The molecule has 3 rings (SSSR count). The predicted octanol–water partition coefficient (Wildman–Crippen LogP) is 2.18. The molecular weight excluding hydrogens is 260 g/mol. The molecule has 3 aromatic rings. The first kappa shape index (κ1) is 10.7. The lowest BCUT2D eigenvalue weighted by atomic mass is 10.1. The predicted molar refractivity (Wildman–Crippen MR) is 67.2 cm³/mol. The summed E-state index contributed by atoms with van der Waals surface area (Å²) in [5.74, 6) is 0. The van der Waals surface area contributed by atoms with Crippen LogP contribution in [-0.2, 0) is 10.1 Å². The fourth-order valence-electron chi connectivity index (χ4n) is 1.85. The van der Waals surface area contributed by atoms with E-state index in [1.807, 2.05) is 0 Å². The van der Waals surface area contributed by atoms with Crippen molar-refractivity contribution in [2.45, 2.75) is 9.79 Å². The number of rotatable bonds is 1. The standard InChI is InChI=1S/C10H8N2O3S2/c13-17(14,15)5-1-2-6-7(3-5)9(16)4-8-10(6)12-11-8/h1-4,11-12,16H,(H,13,14,15). The molecule has 0 atom stereocenters. The largest absolute Gasteiger partial charge is 0.299 e. The molecule has 0 saturated carbocycles. The highest BCUT2D eigenvalue weighted by Gasteiger charge is 2.13. The molecule has 1 heterocycles. The number of H-pyrrole nitrogens is 2. The SMILES string of the molecule is O=S(=O)(O)c1ccc2c(c1)c(S)cc1[nH][nH]c12. The normalized spacial score (nSPS) is 12.6. The molecule has 1 aromatic heterocycles. The highest BCUT2D eigenvalue weighted by atomic mass is 32.2. The minimum absolute atomic E-state index is 0.132. The molecule has 0 aliphatic carbocycles. The van der Waals surface area contributed by atoms with E-state index in [0.29, 0.717) is 10.3 Å². The van der Waals surface area contributed by atoms with Crippen LogP contribution in [0.2, 0.25) is 0 Å². The maximum Gasteiger partial charge on any atom is 0.294 e. The molecule has 0 unspecified atom stereocenters. The zero-order valence-corrected chi connectivity index (χ0v) is 10.1. The smallest absolute Gasteiger partial charge is 0.294 e. The first-order valence-corrected chi connectivity index (χ1v) is 6.65. The summed E-state index contributed by atoms with van der Waals surface area (Å²) < 4.78 is 31.1. The Morgan fingerprint density at radius 3 is 2.47 bits per heavy atom. The van der Waals surface area contributed by atoms with Crippen molar-refractivity contribution < 1.29 is 13.0 Å². The molecule has 2 aromatic carbocycles. The van der Waals surface area contributed by atoms with Crippen molar-refractivity contribution in [3.63, 3.8) is 0 Å². The van der Waals surface area contributed by atoms with E-state index < -0.39 is 10.1 Å². The minimum Gasteiger partial charge on any atom is -0.299 e. The van der Waals surface area contributed by atoms with E-state index in [1.165, 1.54) is 12.1 Å². The van der Waals surface area contributed by atoms with Crippen molar-refractivity contribution >= 4 is 44.6 Å². The Kier molecular flexibility index (Phi) is 2.07. The summed E-state index contributed by atoms with van der Waals surface area (Å²) in [6.07, 6.45) is 0. The van der Waals surface area contributed by atoms with E-state index in [9.17, 15) is 8.42 Å². The van der Waals surface area contributed by atoms with Gasteiger partial charge < -0.3 is 0 Å². The van der Waals surface area contributed by atoms with Crippen LogP contribution in [0.4, 0.5) is 0 Å². The summed E-state index contributed by atoms with van der Waals surface area (Å²) in [6.45, 7) is 0. The molecule has 3 N–H and O–H groups in total. The van der Waals surface area contributed by atoms with Gasteiger partial charge in [0.1, 0.15) is 0 Å². The lowest BCUT2D eigenvalue weighted by molar-refractivity contribution is 0.483. The second kappa shape index (κ2) is 3.28. The van der Waals surface area contributed by atoms with E-state index in [2.05, 4.69) is 22.8 Å². The number of aromatic amines is 2. The molecule has 0 amide bonds. The Bertz CT molecular complexity index is 830. The van der Waals surface area contributed by atoms with Gasteiger partial charge in [0.15, 0.2) is 0 Å². The van der Waals surface area contributed by atoms with Gasteiger partial charge in [-0.25, -0.2) is 0 Å². The maximum absolute atomic E-state index is 11.1. The summed E-state index contributed by atoms with van der Waals surface area (Å²) in [5, 5.41) is 7.36. The summed E-state index contributed by atoms with van der Waals surface area (Å²) >= 11 is 4.30. The maximum atomic E-state index is 11.1. The number of fused-ring (bicyclic) bond motifs is 3. The Labute approximate surface area is 102 Å². The molecule has 0 fully saturated rings. The Hall–Kier alpha value is -1.44. The fraction of sp³-hybridized carbons (Fsp3) is 0. The van der Waals surface area contributed by atoms with Gasteiger partial charge in [0.2, 0.25) is 0 Å². The van der Waals surface area contributed by atoms with E-state index in [4.69, 9.17) is 4.55 Å². The van der Waals surface area contributed by atoms with Gasteiger partial charge in [-0.2, -0.15) is 8.42 Å². The van der Waals surface area contributed by atoms with Crippen LogP contribution in [0.1, 0.15) is 0 Å². The van der Waals surface area contributed by atoms with Gasteiger partial charge in [-0.05, 0) is 23.6 Å². The average molecular weight is 268 g/mol.